The van der Waals surface area contributed by atoms with E-state index in [2.05, 4.69) is 6.07 Å². The zero-order valence-corrected chi connectivity index (χ0v) is 16.9. The second-order valence-corrected chi connectivity index (χ2v) is 9.21. The van der Waals surface area contributed by atoms with Gasteiger partial charge in [0.2, 0.25) is 0 Å². The van der Waals surface area contributed by atoms with Crippen LogP contribution >= 0.6 is 0 Å². The van der Waals surface area contributed by atoms with E-state index in [1.54, 1.807) is 30.3 Å². The Kier molecular flexibility index (Phi) is 7.63. The highest BCUT2D eigenvalue weighted by atomic mass is 32.2. The first kappa shape index (κ1) is 21.2. The molecule has 0 heterocycles. The van der Waals surface area contributed by atoms with E-state index in [1.807, 2.05) is 41.5 Å². The third kappa shape index (κ3) is 5.57. The van der Waals surface area contributed by atoms with Gasteiger partial charge >= 0.3 is 0 Å². The molecule has 0 saturated heterocycles. The predicted octanol–water partition coefficient (Wildman–Crippen LogP) is 5.46. The number of benzene rings is 1. The normalized spacial score (nSPS) is 12.4. The number of hydrogen-bond acceptors (Lipinski definition) is 3. The van der Waals surface area contributed by atoms with Gasteiger partial charge in [-0.2, -0.15) is 5.26 Å². The van der Waals surface area contributed by atoms with Gasteiger partial charge in [-0.05, 0) is 72.4 Å². The van der Waals surface area contributed by atoms with Crippen LogP contribution < -0.4 is 0 Å². The number of sulfone groups is 1. The number of allylic oxidation sites excluding steroid dienone is 4. The van der Waals surface area contributed by atoms with E-state index in [0.717, 1.165) is 11.1 Å². The number of nitrogens with zero attached hydrogens (tertiary/aromatic N) is 1. The van der Waals surface area contributed by atoms with E-state index in [0.29, 0.717) is 12.8 Å². The third-order valence-electron chi connectivity index (χ3n) is 4.81. The molecule has 1 aromatic rings. The lowest BCUT2D eigenvalue weighted by atomic mass is 9.88. The standard InChI is InChI=1S/C21H29NO2S/c1-15(2)17(5)12-19(13-18(6)16(3)4)21(14-22)25(23,24)20-10-8-7-9-11-20/h7-11,19,21H,12-13H2,1-6H3. The minimum atomic E-state index is -3.70. The molecule has 0 saturated carbocycles. The van der Waals surface area contributed by atoms with Crippen LogP contribution in [-0.2, 0) is 9.84 Å². The Bertz CT molecular complexity index is 762. The van der Waals surface area contributed by atoms with Crippen molar-refractivity contribution in [1.29, 1.82) is 5.26 Å². The van der Waals surface area contributed by atoms with Gasteiger partial charge in [-0.1, -0.05) is 40.5 Å². The molecule has 0 fully saturated rings. The summed E-state index contributed by atoms with van der Waals surface area (Å²) in [7, 11) is -3.70. The quantitative estimate of drug-likeness (QED) is 0.607. The first-order valence-corrected chi connectivity index (χ1v) is 10.1. The van der Waals surface area contributed by atoms with Gasteiger partial charge in [0, 0.05) is 0 Å². The van der Waals surface area contributed by atoms with Gasteiger partial charge in [0.05, 0.1) is 11.0 Å². The summed E-state index contributed by atoms with van der Waals surface area (Å²) in [4.78, 5) is 0.219. The average Bonchev–Trinajstić information content (AvgIpc) is 2.55. The first-order valence-electron chi connectivity index (χ1n) is 8.55. The highest BCUT2D eigenvalue weighted by Crippen LogP contribution is 2.31. The average molecular weight is 360 g/mol. The van der Waals surface area contributed by atoms with Crippen molar-refractivity contribution in [3.8, 4) is 6.07 Å². The minimum absolute atomic E-state index is 0.219. The molecule has 1 unspecified atom stereocenters. The summed E-state index contributed by atoms with van der Waals surface area (Å²) < 4.78 is 26.1. The molecular weight excluding hydrogens is 330 g/mol. The third-order valence-corrected chi connectivity index (χ3v) is 6.89. The van der Waals surface area contributed by atoms with Gasteiger partial charge in [-0.3, -0.25) is 0 Å². The lowest BCUT2D eigenvalue weighted by molar-refractivity contribution is 0.502. The van der Waals surface area contributed by atoms with Gasteiger partial charge in [-0.25, -0.2) is 8.42 Å². The van der Waals surface area contributed by atoms with Crippen LogP contribution in [0, 0.1) is 17.2 Å². The van der Waals surface area contributed by atoms with Crippen LogP contribution in [0.25, 0.3) is 0 Å². The Balaban J connectivity index is 3.36. The molecule has 0 spiro atoms. The van der Waals surface area contributed by atoms with Crippen LogP contribution in [0.5, 0.6) is 0 Å². The maximum absolute atomic E-state index is 13.1. The second kappa shape index (κ2) is 9.01. The van der Waals surface area contributed by atoms with Gasteiger partial charge in [0.1, 0.15) is 0 Å². The van der Waals surface area contributed by atoms with Crippen molar-refractivity contribution in [2.24, 2.45) is 5.92 Å². The molecule has 0 bridgehead atoms. The molecule has 1 rings (SSSR count). The number of nitriles is 1. The maximum Gasteiger partial charge on any atom is 0.194 e. The largest absolute Gasteiger partial charge is 0.222 e. The Labute approximate surface area is 153 Å². The molecule has 0 aliphatic carbocycles. The molecular formula is C21H29NO2S. The second-order valence-electron chi connectivity index (χ2n) is 7.14. The van der Waals surface area contributed by atoms with Crippen LogP contribution in [0.1, 0.15) is 54.4 Å². The Morgan fingerprint density at radius 3 is 1.72 bits per heavy atom. The molecule has 3 nitrogen and oxygen atoms in total. The summed E-state index contributed by atoms with van der Waals surface area (Å²) in [5.41, 5.74) is 4.65. The van der Waals surface area contributed by atoms with Crippen molar-refractivity contribution >= 4 is 9.84 Å². The van der Waals surface area contributed by atoms with Crippen molar-refractivity contribution < 1.29 is 8.42 Å². The van der Waals surface area contributed by atoms with Crippen molar-refractivity contribution in [2.75, 3.05) is 0 Å². The summed E-state index contributed by atoms with van der Waals surface area (Å²) in [5.74, 6) is -0.264. The summed E-state index contributed by atoms with van der Waals surface area (Å²) in [6.07, 6.45) is 1.22. The molecule has 0 aliphatic heterocycles. The number of hydrogen-bond donors (Lipinski definition) is 0. The lowest BCUT2D eigenvalue weighted by Crippen LogP contribution is -2.29. The van der Waals surface area contributed by atoms with Crippen molar-refractivity contribution in [1.82, 2.24) is 0 Å². The molecule has 25 heavy (non-hydrogen) atoms. The van der Waals surface area contributed by atoms with Crippen molar-refractivity contribution in [2.45, 2.75) is 64.5 Å². The van der Waals surface area contributed by atoms with E-state index in [-0.39, 0.29) is 10.8 Å². The topological polar surface area (TPSA) is 57.9 Å². The molecule has 0 amide bonds. The van der Waals surface area contributed by atoms with Gasteiger partial charge < -0.3 is 0 Å². The van der Waals surface area contributed by atoms with Crippen molar-refractivity contribution in [3.05, 3.63) is 52.6 Å². The molecule has 1 aromatic carbocycles. The van der Waals surface area contributed by atoms with Crippen LogP contribution in [0.2, 0.25) is 0 Å². The monoisotopic (exact) mass is 359 g/mol. The molecule has 4 heteroatoms. The Morgan fingerprint density at radius 2 is 1.36 bits per heavy atom. The fourth-order valence-corrected chi connectivity index (χ4v) is 4.33. The molecule has 1 atom stereocenters. The molecule has 136 valence electrons. The zero-order chi connectivity index (χ0) is 19.2. The highest BCUT2D eigenvalue weighted by Gasteiger charge is 2.35. The fourth-order valence-electron chi connectivity index (χ4n) is 2.67. The van der Waals surface area contributed by atoms with E-state index in [1.165, 1.54) is 11.1 Å². The van der Waals surface area contributed by atoms with E-state index in [4.69, 9.17) is 0 Å². The van der Waals surface area contributed by atoms with E-state index in [9.17, 15) is 13.7 Å². The molecule has 0 N–H and O–H groups in total. The fraction of sp³-hybridized carbons (Fsp3) is 0.476. The Morgan fingerprint density at radius 1 is 0.920 bits per heavy atom. The first-order chi connectivity index (χ1) is 11.6. The van der Waals surface area contributed by atoms with Crippen LogP contribution in [-0.4, -0.2) is 13.7 Å². The predicted molar refractivity (Wildman–Crippen MR) is 104 cm³/mol. The van der Waals surface area contributed by atoms with Gasteiger partial charge in [0.15, 0.2) is 15.1 Å². The summed E-state index contributed by atoms with van der Waals surface area (Å²) in [5, 5.41) is 8.68. The highest BCUT2D eigenvalue weighted by molar-refractivity contribution is 7.92. The molecule has 0 aromatic heterocycles. The smallest absolute Gasteiger partial charge is 0.194 e. The van der Waals surface area contributed by atoms with E-state index >= 15 is 0 Å². The zero-order valence-electron chi connectivity index (χ0n) is 16.1. The molecule has 0 aliphatic rings. The van der Waals surface area contributed by atoms with Crippen molar-refractivity contribution in [3.63, 3.8) is 0 Å². The maximum atomic E-state index is 13.1. The summed E-state index contributed by atoms with van der Waals surface area (Å²) in [6.45, 7) is 12.1. The van der Waals surface area contributed by atoms with Gasteiger partial charge in [0.25, 0.3) is 0 Å². The minimum Gasteiger partial charge on any atom is -0.222 e. The lowest BCUT2D eigenvalue weighted by Gasteiger charge is -2.24. The number of rotatable bonds is 7. The summed E-state index contributed by atoms with van der Waals surface area (Å²) in [6, 6.07) is 10.4. The van der Waals surface area contributed by atoms with E-state index < -0.39 is 15.1 Å². The summed E-state index contributed by atoms with van der Waals surface area (Å²) >= 11 is 0. The van der Waals surface area contributed by atoms with Crippen LogP contribution in [0.4, 0.5) is 0 Å². The van der Waals surface area contributed by atoms with Crippen LogP contribution in [0.15, 0.2) is 57.5 Å². The Hall–Kier alpha value is -1.86. The SMILES string of the molecule is CC(C)=C(C)CC(CC(C)=C(C)C)C(C#N)S(=O)(=O)c1ccccc1. The molecule has 0 radical (unpaired) electrons. The van der Waals surface area contributed by atoms with Crippen LogP contribution in [0.3, 0.4) is 0 Å². The van der Waals surface area contributed by atoms with Gasteiger partial charge in [-0.15, -0.1) is 0 Å².